The average Bonchev–Trinajstić information content (AvgIpc) is 3.17. The normalized spacial score (nSPS) is 13.3. The summed E-state index contributed by atoms with van der Waals surface area (Å²) in [5, 5.41) is 6.00. The van der Waals surface area contributed by atoms with E-state index in [4.69, 9.17) is 14.2 Å². The summed E-state index contributed by atoms with van der Waals surface area (Å²) in [6.45, 7) is 3.01. The van der Waals surface area contributed by atoms with E-state index >= 15 is 0 Å². The van der Waals surface area contributed by atoms with Crippen LogP contribution in [-0.2, 0) is 0 Å². The third kappa shape index (κ3) is 3.64. The summed E-state index contributed by atoms with van der Waals surface area (Å²) in [4.78, 5) is 12.7. The highest BCUT2D eigenvalue weighted by molar-refractivity contribution is 6.04. The van der Waals surface area contributed by atoms with Crippen molar-refractivity contribution in [1.82, 2.24) is 5.01 Å². The minimum atomic E-state index is -0.137. The topological polar surface area (TPSA) is 60.4 Å². The van der Waals surface area contributed by atoms with Gasteiger partial charge in [-0.2, -0.15) is 5.10 Å². The molecular formula is C20H22N2O4. The predicted molar refractivity (Wildman–Crippen MR) is 99.3 cm³/mol. The highest BCUT2D eigenvalue weighted by Crippen LogP contribution is 2.29. The van der Waals surface area contributed by atoms with Gasteiger partial charge in [0.05, 0.1) is 33.1 Å². The van der Waals surface area contributed by atoms with E-state index in [9.17, 15) is 4.79 Å². The molecule has 3 rings (SSSR count). The second kappa shape index (κ2) is 7.91. The third-order valence-corrected chi connectivity index (χ3v) is 4.15. The molecule has 0 aromatic heterocycles. The zero-order chi connectivity index (χ0) is 18.5. The Morgan fingerprint density at radius 3 is 2.65 bits per heavy atom. The van der Waals surface area contributed by atoms with Crippen molar-refractivity contribution in [2.75, 3.05) is 27.4 Å². The Hall–Kier alpha value is -3.02. The number of methoxy groups -OCH3 is 2. The number of ether oxygens (including phenoxy) is 3. The van der Waals surface area contributed by atoms with Crippen LogP contribution in [0.5, 0.6) is 17.2 Å². The number of rotatable bonds is 6. The summed E-state index contributed by atoms with van der Waals surface area (Å²) in [6, 6.07) is 12.8. The summed E-state index contributed by atoms with van der Waals surface area (Å²) in [5.41, 5.74) is 2.33. The molecule has 6 heteroatoms. The molecule has 0 saturated heterocycles. The number of hydrogen-bond donors (Lipinski definition) is 0. The van der Waals surface area contributed by atoms with Gasteiger partial charge in [0.15, 0.2) is 11.5 Å². The van der Waals surface area contributed by atoms with Gasteiger partial charge in [-0.15, -0.1) is 0 Å². The number of amides is 1. The van der Waals surface area contributed by atoms with Crippen LogP contribution in [0.2, 0.25) is 0 Å². The van der Waals surface area contributed by atoms with Gasteiger partial charge in [-0.3, -0.25) is 4.79 Å². The van der Waals surface area contributed by atoms with Gasteiger partial charge in [0.25, 0.3) is 5.91 Å². The molecule has 1 aliphatic rings. The lowest BCUT2D eigenvalue weighted by Crippen LogP contribution is -2.23. The quantitative estimate of drug-likeness (QED) is 0.798. The van der Waals surface area contributed by atoms with E-state index in [-0.39, 0.29) is 5.91 Å². The molecule has 0 bridgehead atoms. The Morgan fingerprint density at radius 1 is 1.12 bits per heavy atom. The van der Waals surface area contributed by atoms with Crippen molar-refractivity contribution in [2.45, 2.75) is 13.3 Å². The van der Waals surface area contributed by atoms with Crippen LogP contribution in [-0.4, -0.2) is 44.0 Å². The lowest BCUT2D eigenvalue weighted by molar-refractivity contribution is 0.0778. The van der Waals surface area contributed by atoms with Gasteiger partial charge in [-0.05, 0) is 43.3 Å². The highest BCUT2D eigenvalue weighted by atomic mass is 16.5. The number of carbonyl (C=O) groups excluding carboxylic acids is 1. The molecule has 0 saturated carbocycles. The molecule has 2 aromatic carbocycles. The maximum atomic E-state index is 12.7. The summed E-state index contributed by atoms with van der Waals surface area (Å²) in [5.74, 6) is 1.85. The summed E-state index contributed by atoms with van der Waals surface area (Å²) < 4.78 is 16.1. The zero-order valence-electron chi connectivity index (χ0n) is 15.2. The molecule has 26 heavy (non-hydrogen) atoms. The lowest BCUT2D eigenvalue weighted by atomic mass is 10.1. The van der Waals surface area contributed by atoms with Gasteiger partial charge in [-0.1, -0.05) is 6.07 Å². The Bertz CT molecular complexity index is 832. The fourth-order valence-corrected chi connectivity index (χ4v) is 2.86. The minimum absolute atomic E-state index is 0.137. The molecule has 0 radical (unpaired) electrons. The molecule has 1 amide bonds. The van der Waals surface area contributed by atoms with Crippen LogP contribution in [0.15, 0.2) is 47.6 Å². The number of hydrogen-bond acceptors (Lipinski definition) is 5. The van der Waals surface area contributed by atoms with Crippen molar-refractivity contribution in [3.8, 4) is 17.2 Å². The van der Waals surface area contributed by atoms with Gasteiger partial charge in [-0.25, -0.2) is 5.01 Å². The number of nitrogens with zero attached hydrogens (tertiary/aromatic N) is 2. The maximum absolute atomic E-state index is 12.7. The minimum Gasteiger partial charge on any atom is -0.494 e. The van der Waals surface area contributed by atoms with E-state index in [2.05, 4.69) is 5.10 Å². The Balaban J connectivity index is 1.81. The lowest BCUT2D eigenvalue weighted by Gasteiger charge is -2.12. The molecule has 0 unspecified atom stereocenters. The molecule has 0 aliphatic carbocycles. The van der Waals surface area contributed by atoms with E-state index in [0.717, 1.165) is 11.3 Å². The SMILES string of the molecule is CCOc1cccc(C(=O)N2CCC(c3ccc(OC)c(OC)c3)=N2)c1. The van der Waals surface area contributed by atoms with Crippen LogP contribution in [0.3, 0.4) is 0 Å². The van der Waals surface area contributed by atoms with E-state index in [1.165, 1.54) is 5.01 Å². The Kier molecular flexibility index (Phi) is 5.41. The van der Waals surface area contributed by atoms with Crippen LogP contribution >= 0.6 is 0 Å². The monoisotopic (exact) mass is 354 g/mol. The van der Waals surface area contributed by atoms with Crippen molar-refractivity contribution in [3.63, 3.8) is 0 Å². The summed E-state index contributed by atoms with van der Waals surface area (Å²) >= 11 is 0. The molecule has 6 nitrogen and oxygen atoms in total. The van der Waals surface area contributed by atoms with Gasteiger partial charge in [0.1, 0.15) is 5.75 Å². The molecule has 0 spiro atoms. The first-order chi connectivity index (χ1) is 12.7. The van der Waals surface area contributed by atoms with Crippen LogP contribution in [0.4, 0.5) is 0 Å². The smallest absolute Gasteiger partial charge is 0.274 e. The molecule has 2 aromatic rings. The molecular weight excluding hydrogens is 332 g/mol. The molecule has 1 aliphatic heterocycles. The molecule has 0 fully saturated rings. The first-order valence-corrected chi connectivity index (χ1v) is 8.51. The van der Waals surface area contributed by atoms with E-state index in [0.29, 0.717) is 42.4 Å². The van der Waals surface area contributed by atoms with Crippen molar-refractivity contribution in [2.24, 2.45) is 5.10 Å². The Labute approximate surface area is 153 Å². The van der Waals surface area contributed by atoms with Gasteiger partial charge in [0, 0.05) is 17.5 Å². The third-order valence-electron chi connectivity index (χ3n) is 4.15. The van der Waals surface area contributed by atoms with Gasteiger partial charge < -0.3 is 14.2 Å². The summed E-state index contributed by atoms with van der Waals surface area (Å²) in [6.07, 6.45) is 0.687. The second-order valence-electron chi connectivity index (χ2n) is 5.76. The molecule has 0 atom stereocenters. The predicted octanol–water partition coefficient (Wildman–Crippen LogP) is 3.35. The number of carbonyl (C=O) groups is 1. The maximum Gasteiger partial charge on any atom is 0.274 e. The van der Waals surface area contributed by atoms with Crippen molar-refractivity contribution < 1.29 is 19.0 Å². The highest BCUT2D eigenvalue weighted by Gasteiger charge is 2.23. The zero-order valence-corrected chi connectivity index (χ0v) is 15.2. The number of benzene rings is 2. The van der Waals surface area contributed by atoms with Crippen molar-refractivity contribution in [3.05, 3.63) is 53.6 Å². The molecule has 0 N–H and O–H groups in total. The molecule has 136 valence electrons. The second-order valence-corrected chi connectivity index (χ2v) is 5.76. The van der Waals surface area contributed by atoms with Crippen LogP contribution in [0.25, 0.3) is 0 Å². The van der Waals surface area contributed by atoms with Crippen molar-refractivity contribution >= 4 is 11.6 Å². The first kappa shape index (κ1) is 17.8. The number of hydrazone groups is 1. The van der Waals surface area contributed by atoms with Crippen molar-refractivity contribution in [1.29, 1.82) is 0 Å². The Morgan fingerprint density at radius 2 is 1.92 bits per heavy atom. The van der Waals surface area contributed by atoms with Gasteiger partial charge in [0.2, 0.25) is 0 Å². The fraction of sp³-hybridized carbons (Fsp3) is 0.300. The van der Waals surface area contributed by atoms with Crippen LogP contribution in [0.1, 0.15) is 29.3 Å². The first-order valence-electron chi connectivity index (χ1n) is 8.51. The van der Waals surface area contributed by atoms with E-state index < -0.39 is 0 Å². The average molecular weight is 354 g/mol. The molecule has 1 heterocycles. The van der Waals surface area contributed by atoms with E-state index in [1.807, 2.05) is 37.3 Å². The standard InChI is InChI=1S/C20H22N2O4/c1-4-26-16-7-5-6-15(12-16)20(23)22-11-10-17(21-22)14-8-9-18(24-2)19(13-14)25-3/h5-9,12-13H,4,10-11H2,1-3H3. The van der Waals surface area contributed by atoms with Gasteiger partial charge >= 0.3 is 0 Å². The fourth-order valence-electron chi connectivity index (χ4n) is 2.86. The van der Waals surface area contributed by atoms with E-state index in [1.54, 1.807) is 26.4 Å². The summed E-state index contributed by atoms with van der Waals surface area (Å²) in [7, 11) is 3.20. The largest absolute Gasteiger partial charge is 0.494 e. The van der Waals surface area contributed by atoms with Crippen LogP contribution in [0, 0.1) is 0 Å². The van der Waals surface area contributed by atoms with Crippen LogP contribution < -0.4 is 14.2 Å².